The molecule has 0 N–H and O–H groups in total. The van der Waals surface area contributed by atoms with Crippen LogP contribution in [0.25, 0.3) is 16.8 Å². The van der Waals surface area contributed by atoms with Crippen LogP contribution in [-0.4, -0.2) is 18.2 Å². The first-order valence-corrected chi connectivity index (χ1v) is 11.2. The van der Waals surface area contributed by atoms with Crippen LogP contribution in [0, 0.1) is 5.92 Å². The lowest BCUT2D eigenvalue weighted by Gasteiger charge is -2.14. The van der Waals surface area contributed by atoms with Gasteiger partial charge in [0.25, 0.3) is 5.56 Å². The normalized spacial score (nSPS) is 11.3. The van der Waals surface area contributed by atoms with Crippen LogP contribution in [0.15, 0.2) is 59.5 Å². The Hall–Kier alpha value is -2.44. The monoisotopic (exact) mass is 430 g/mol. The highest BCUT2D eigenvalue weighted by Crippen LogP contribution is 2.24. The third-order valence-electron chi connectivity index (χ3n) is 4.68. The summed E-state index contributed by atoms with van der Waals surface area (Å²) in [7, 11) is -2.47. The van der Waals surface area contributed by atoms with Gasteiger partial charge >= 0.3 is 0 Å². The lowest BCUT2D eigenvalue weighted by atomic mass is 9.96. The fraction of sp³-hybridized carbons (Fsp3) is 0.273. The maximum atomic E-state index is 13.3. The molecule has 2 aromatic carbocycles. The highest BCUT2D eigenvalue weighted by molar-refractivity contribution is 7.71. The van der Waals surface area contributed by atoms with E-state index in [2.05, 4.69) is 18.9 Å². The Morgan fingerprint density at radius 3 is 2.45 bits per heavy atom. The van der Waals surface area contributed by atoms with Crippen molar-refractivity contribution < 1.29 is 8.42 Å². The summed E-state index contributed by atoms with van der Waals surface area (Å²) in [4.78, 5) is 13.3. The highest BCUT2D eigenvalue weighted by Gasteiger charge is 2.15. The van der Waals surface area contributed by atoms with Gasteiger partial charge in [-0.05, 0) is 48.1 Å². The molecule has 0 fully saturated rings. The average Bonchev–Trinajstić information content (AvgIpc) is 2.67. The van der Waals surface area contributed by atoms with Crippen LogP contribution in [0.5, 0.6) is 0 Å². The number of benzene rings is 2. The Bertz CT molecular complexity index is 1130. The van der Waals surface area contributed by atoms with Gasteiger partial charge < -0.3 is 0 Å². The number of nitrogens with zero attached hydrogens (tertiary/aromatic N) is 2. The molecule has 0 aliphatic heterocycles. The second-order valence-corrected chi connectivity index (χ2v) is 8.77. The van der Waals surface area contributed by atoms with Crippen LogP contribution in [0.4, 0.5) is 0 Å². The predicted molar refractivity (Wildman–Crippen MR) is 117 cm³/mol. The van der Waals surface area contributed by atoms with Crippen LogP contribution in [0.3, 0.4) is 0 Å². The molecule has 0 bridgehead atoms. The molecule has 0 saturated heterocycles. The van der Waals surface area contributed by atoms with Crippen LogP contribution < -0.4 is 5.56 Å². The fourth-order valence-corrected chi connectivity index (χ4v) is 3.84. The Balaban J connectivity index is 2.09. The van der Waals surface area contributed by atoms with Crippen molar-refractivity contribution in [3.63, 3.8) is 0 Å². The molecule has 1 aromatic heterocycles. The Morgan fingerprint density at radius 1 is 1.10 bits per heavy atom. The van der Waals surface area contributed by atoms with Crippen molar-refractivity contribution in [2.75, 3.05) is 0 Å². The van der Waals surface area contributed by atoms with Crippen molar-refractivity contribution in [2.45, 2.75) is 32.4 Å². The maximum absolute atomic E-state index is 13.3. The molecular formula is C22H23ClN2O3S. The van der Waals surface area contributed by atoms with Crippen molar-refractivity contribution in [3.8, 4) is 16.8 Å². The zero-order valence-electron chi connectivity index (χ0n) is 16.3. The van der Waals surface area contributed by atoms with Gasteiger partial charge in [-0.15, -0.1) is 0 Å². The van der Waals surface area contributed by atoms with Gasteiger partial charge in [0.2, 0.25) is 0 Å². The maximum Gasteiger partial charge on any atom is 0.275 e. The minimum atomic E-state index is -2.47. The van der Waals surface area contributed by atoms with Gasteiger partial charge in [0.15, 0.2) is 0 Å². The summed E-state index contributed by atoms with van der Waals surface area (Å²) in [5.74, 6) is 0.454. The van der Waals surface area contributed by atoms with Gasteiger partial charge in [-0.25, -0.2) is 8.42 Å². The molecule has 0 radical (unpaired) electrons. The van der Waals surface area contributed by atoms with E-state index in [1.165, 1.54) is 4.68 Å². The van der Waals surface area contributed by atoms with Crippen molar-refractivity contribution >= 4 is 22.3 Å². The summed E-state index contributed by atoms with van der Waals surface area (Å²) in [6.07, 6.45) is 3.20. The van der Waals surface area contributed by atoms with Gasteiger partial charge in [-0.1, -0.05) is 55.8 Å². The molecule has 0 unspecified atom stereocenters. The fourth-order valence-electron chi connectivity index (χ4n) is 3.14. The first kappa shape index (κ1) is 21.3. The predicted octanol–water partition coefficient (Wildman–Crippen LogP) is 4.25. The molecule has 3 aromatic rings. The lowest BCUT2D eigenvalue weighted by Crippen LogP contribution is -2.25. The number of aromatic nitrogens is 2. The van der Waals surface area contributed by atoms with Crippen molar-refractivity contribution in [1.82, 2.24) is 9.78 Å². The number of halogens is 1. The second-order valence-electron chi connectivity index (χ2n) is 7.35. The minimum Gasteiger partial charge on any atom is -0.267 e. The van der Waals surface area contributed by atoms with E-state index in [1.54, 1.807) is 42.6 Å². The molecule has 3 rings (SSSR count). The summed E-state index contributed by atoms with van der Waals surface area (Å²) in [5, 5.41) is 4.91. The summed E-state index contributed by atoms with van der Waals surface area (Å²) >= 11 is 6.08. The summed E-state index contributed by atoms with van der Waals surface area (Å²) in [6, 6.07) is 14.3. The molecule has 0 saturated carbocycles. The molecule has 0 amide bonds. The highest BCUT2D eigenvalue weighted by atomic mass is 35.5. The topological polar surface area (TPSA) is 69.0 Å². The SMILES string of the molecule is CC(C)CCc1c(-c2ccc(C[SH](=O)=O)cc2)cnn(-c2cccc(Cl)c2)c1=O. The van der Waals surface area contributed by atoms with Gasteiger partial charge in [0, 0.05) is 16.1 Å². The van der Waals surface area contributed by atoms with Crippen LogP contribution in [-0.2, 0) is 22.9 Å². The van der Waals surface area contributed by atoms with E-state index in [9.17, 15) is 13.2 Å². The molecule has 29 heavy (non-hydrogen) atoms. The largest absolute Gasteiger partial charge is 0.275 e. The van der Waals surface area contributed by atoms with Crippen LogP contribution in [0.1, 0.15) is 31.4 Å². The third kappa shape index (κ3) is 5.34. The average molecular weight is 431 g/mol. The Kier molecular flexibility index (Phi) is 6.87. The van der Waals surface area contributed by atoms with Crippen LogP contribution in [0.2, 0.25) is 5.02 Å². The molecule has 7 heteroatoms. The van der Waals surface area contributed by atoms with Gasteiger partial charge in [-0.3, -0.25) is 4.79 Å². The van der Waals surface area contributed by atoms with E-state index >= 15 is 0 Å². The molecule has 0 aliphatic rings. The summed E-state index contributed by atoms with van der Waals surface area (Å²) in [5.41, 5.74) is 3.47. The lowest BCUT2D eigenvalue weighted by molar-refractivity contribution is 0.582. The quantitative estimate of drug-likeness (QED) is 0.569. The van der Waals surface area contributed by atoms with Crippen LogP contribution >= 0.6 is 11.6 Å². The van der Waals surface area contributed by atoms with Crippen molar-refractivity contribution in [3.05, 3.63) is 81.2 Å². The van der Waals surface area contributed by atoms with Gasteiger partial charge in [0.05, 0.1) is 17.6 Å². The first-order valence-electron chi connectivity index (χ1n) is 9.43. The van der Waals surface area contributed by atoms with E-state index in [0.29, 0.717) is 34.2 Å². The number of rotatable bonds is 7. The Morgan fingerprint density at radius 2 is 1.83 bits per heavy atom. The van der Waals surface area contributed by atoms with Crippen molar-refractivity contribution in [1.29, 1.82) is 0 Å². The molecule has 1 heterocycles. The standard InChI is InChI=1S/C22H23ClN2O3S/c1-15(2)6-11-20-21(17-9-7-16(8-10-17)14-29(27)28)13-24-25(22(20)26)19-5-3-4-18(23)12-19/h3-5,7-10,12-13,15,29H,6,11,14H2,1-2H3. The van der Waals surface area contributed by atoms with E-state index in [0.717, 1.165) is 17.5 Å². The Labute approximate surface area is 176 Å². The van der Waals surface area contributed by atoms with E-state index < -0.39 is 10.7 Å². The number of hydrogen-bond acceptors (Lipinski definition) is 4. The first-order chi connectivity index (χ1) is 13.8. The molecule has 0 aliphatic carbocycles. The smallest absolute Gasteiger partial charge is 0.267 e. The number of hydrogen-bond donors (Lipinski definition) is 1. The number of thiol groups is 1. The molecular weight excluding hydrogens is 408 g/mol. The molecule has 152 valence electrons. The zero-order chi connectivity index (χ0) is 21.0. The minimum absolute atomic E-state index is 0.00440. The molecule has 5 nitrogen and oxygen atoms in total. The molecule has 0 atom stereocenters. The summed E-state index contributed by atoms with van der Waals surface area (Å²) < 4.78 is 23.3. The second kappa shape index (κ2) is 9.37. The third-order valence-corrected chi connectivity index (χ3v) is 5.54. The van der Waals surface area contributed by atoms with Gasteiger partial charge in [-0.2, -0.15) is 9.78 Å². The van der Waals surface area contributed by atoms with Gasteiger partial charge in [0.1, 0.15) is 10.7 Å². The van der Waals surface area contributed by atoms with E-state index in [4.69, 9.17) is 11.6 Å². The van der Waals surface area contributed by atoms with Crippen molar-refractivity contribution in [2.24, 2.45) is 5.92 Å². The van der Waals surface area contributed by atoms with E-state index in [1.807, 2.05) is 12.1 Å². The zero-order valence-corrected chi connectivity index (χ0v) is 18.0. The molecule has 0 spiro atoms. The van der Waals surface area contributed by atoms with E-state index in [-0.39, 0.29) is 11.3 Å². The summed E-state index contributed by atoms with van der Waals surface area (Å²) in [6.45, 7) is 4.24.